The number of anilines is 1. The summed E-state index contributed by atoms with van der Waals surface area (Å²) in [5.74, 6) is -0.859. The number of benzene rings is 1. The predicted molar refractivity (Wildman–Crippen MR) is 93.3 cm³/mol. The maximum atomic E-state index is 12.0. The van der Waals surface area contributed by atoms with Gasteiger partial charge in [0.1, 0.15) is 0 Å². The van der Waals surface area contributed by atoms with Crippen LogP contribution in [0.4, 0.5) is 5.69 Å². The van der Waals surface area contributed by atoms with Crippen molar-refractivity contribution in [2.45, 2.75) is 25.9 Å². The summed E-state index contributed by atoms with van der Waals surface area (Å²) in [7, 11) is 0. The molecule has 0 aliphatic heterocycles. The molecule has 1 amide bonds. The number of nitrogens with one attached hydrogen (secondary N) is 1. The molecule has 2 rings (SSSR count). The highest BCUT2D eigenvalue weighted by molar-refractivity contribution is 7.09. The number of amides is 1. The molecule has 0 spiro atoms. The van der Waals surface area contributed by atoms with E-state index in [-0.39, 0.29) is 6.42 Å². The summed E-state index contributed by atoms with van der Waals surface area (Å²) in [5.41, 5.74) is 0.419. The smallest absolute Gasteiger partial charge is 0.306 e. The van der Waals surface area contributed by atoms with E-state index in [1.54, 1.807) is 23.5 Å². The topological polar surface area (TPSA) is 55.4 Å². The summed E-state index contributed by atoms with van der Waals surface area (Å²) < 4.78 is 5.13. The van der Waals surface area contributed by atoms with Gasteiger partial charge in [-0.05, 0) is 43.0 Å². The van der Waals surface area contributed by atoms with Crippen LogP contribution < -0.4 is 5.32 Å². The van der Waals surface area contributed by atoms with E-state index in [4.69, 9.17) is 27.9 Å². The SMILES string of the molecule is C[C@H](OC(=O)CCc1cccs1)C(=O)Nc1ccc(Cl)cc1Cl. The van der Waals surface area contributed by atoms with Crippen LogP contribution in [0.3, 0.4) is 0 Å². The average Bonchev–Trinajstić information content (AvgIpc) is 3.01. The first-order valence-electron chi connectivity index (χ1n) is 6.93. The molecule has 2 aromatic rings. The van der Waals surface area contributed by atoms with Crippen molar-refractivity contribution in [1.29, 1.82) is 0 Å². The third-order valence-electron chi connectivity index (χ3n) is 3.02. The van der Waals surface area contributed by atoms with Gasteiger partial charge in [-0.15, -0.1) is 11.3 Å². The molecule has 1 heterocycles. The molecule has 0 saturated heterocycles. The van der Waals surface area contributed by atoms with Crippen LogP contribution >= 0.6 is 34.5 Å². The largest absolute Gasteiger partial charge is 0.453 e. The molecule has 7 heteroatoms. The minimum absolute atomic E-state index is 0.236. The predicted octanol–water partition coefficient (Wildman–Crippen LogP) is 4.56. The number of carbonyl (C=O) groups is 2. The summed E-state index contributed by atoms with van der Waals surface area (Å²) in [6.07, 6.45) is -0.0641. The molecular weight excluding hydrogens is 357 g/mol. The number of aryl methyl sites for hydroxylation is 1. The van der Waals surface area contributed by atoms with Gasteiger partial charge in [0.25, 0.3) is 5.91 Å². The van der Waals surface area contributed by atoms with Gasteiger partial charge in [-0.25, -0.2) is 0 Å². The molecule has 0 aliphatic carbocycles. The Morgan fingerprint density at radius 1 is 1.30 bits per heavy atom. The first kappa shape index (κ1) is 17.8. The van der Waals surface area contributed by atoms with E-state index in [1.807, 2.05) is 17.5 Å². The van der Waals surface area contributed by atoms with Gasteiger partial charge in [0.05, 0.1) is 17.1 Å². The number of halogens is 2. The Labute approximate surface area is 148 Å². The Kier molecular flexibility index (Phi) is 6.45. The van der Waals surface area contributed by atoms with Gasteiger partial charge >= 0.3 is 5.97 Å². The number of thiophene rings is 1. The van der Waals surface area contributed by atoms with E-state index in [9.17, 15) is 9.59 Å². The van der Waals surface area contributed by atoms with E-state index >= 15 is 0 Å². The minimum Gasteiger partial charge on any atom is -0.453 e. The second-order valence-electron chi connectivity index (χ2n) is 4.82. The van der Waals surface area contributed by atoms with Crippen molar-refractivity contribution in [1.82, 2.24) is 0 Å². The van der Waals surface area contributed by atoms with E-state index in [0.29, 0.717) is 22.2 Å². The summed E-state index contributed by atoms with van der Waals surface area (Å²) in [6, 6.07) is 8.61. The van der Waals surface area contributed by atoms with E-state index in [0.717, 1.165) is 4.88 Å². The second kappa shape index (κ2) is 8.34. The Morgan fingerprint density at radius 2 is 2.09 bits per heavy atom. The van der Waals surface area contributed by atoms with Gasteiger partial charge in [-0.1, -0.05) is 29.3 Å². The Bertz CT molecular complexity index is 689. The van der Waals surface area contributed by atoms with E-state index in [2.05, 4.69) is 5.32 Å². The third kappa shape index (κ3) is 5.53. The molecule has 0 bridgehead atoms. The molecule has 1 atom stereocenters. The molecule has 1 aromatic heterocycles. The Hall–Kier alpha value is -1.56. The van der Waals surface area contributed by atoms with Crippen molar-refractivity contribution in [3.8, 4) is 0 Å². The zero-order chi connectivity index (χ0) is 16.8. The molecule has 0 radical (unpaired) electrons. The van der Waals surface area contributed by atoms with Crippen molar-refractivity contribution in [2.24, 2.45) is 0 Å². The summed E-state index contributed by atoms with van der Waals surface area (Å²) in [6.45, 7) is 1.52. The van der Waals surface area contributed by atoms with Crippen molar-refractivity contribution in [2.75, 3.05) is 5.32 Å². The van der Waals surface area contributed by atoms with Crippen LogP contribution in [-0.2, 0) is 20.7 Å². The lowest BCUT2D eigenvalue weighted by molar-refractivity contribution is -0.153. The van der Waals surface area contributed by atoms with Crippen LogP contribution in [0.25, 0.3) is 0 Å². The molecule has 0 aliphatic rings. The number of hydrogen-bond acceptors (Lipinski definition) is 4. The lowest BCUT2D eigenvalue weighted by atomic mass is 10.2. The minimum atomic E-state index is -0.905. The monoisotopic (exact) mass is 371 g/mol. The molecule has 122 valence electrons. The Morgan fingerprint density at radius 3 is 2.74 bits per heavy atom. The van der Waals surface area contributed by atoms with Crippen molar-refractivity contribution in [3.63, 3.8) is 0 Å². The summed E-state index contributed by atoms with van der Waals surface area (Å²) in [4.78, 5) is 24.9. The van der Waals surface area contributed by atoms with Crippen molar-refractivity contribution < 1.29 is 14.3 Å². The normalized spacial score (nSPS) is 11.8. The zero-order valence-corrected chi connectivity index (χ0v) is 14.7. The van der Waals surface area contributed by atoms with Crippen LogP contribution in [0.5, 0.6) is 0 Å². The fourth-order valence-corrected chi connectivity index (χ4v) is 2.98. The maximum absolute atomic E-state index is 12.0. The fraction of sp³-hybridized carbons (Fsp3) is 0.250. The summed E-state index contributed by atoms with van der Waals surface area (Å²) in [5, 5.41) is 5.35. The van der Waals surface area contributed by atoms with Gasteiger partial charge < -0.3 is 10.1 Å². The molecule has 0 fully saturated rings. The lowest BCUT2D eigenvalue weighted by Crippen LogP contribution is -2.30. The number of hydrogen-bond donors (Lipinski definition) is 1. The molecule has 23 heavy (non-hydrogen) atoms. The first-order chi connectivity index (χ1) is 11.0. The Balaban J connectivity index is 1.83. The molecule has 1 aromatic carbocycles. The van der Waals surface area contributed by atoms with E-state index < -0.39 is 18.0 Å². The standard InChI is InChI=1S/C16H15Cl2NO3S/c1-10(22-15(20)7-5-12-3-2-8-23-12)16(21)19-14-6-4-11(17)9-13(14)18/h2-4,6,8-10H,5,7H2,1H3,(H,19,21)/t10-/m0/s1. The average molecular weight is 372 g/mol. The highest BCUT2D eigenvalue weighted by Gasteiger charge is 2.18. The summed E-state index contributed by atoms with van der Waals surface area (Å²) >= 11 is 13.4. The molecule has 0 saturated carbocycles. The first-order valence-corrected chi connectivity index (χ1v) is 8.57. The van der Waals surface area contributed by atoms with Crippen molar-refractivity contribution >= 4 is 52.1 Å². The van der Waals surface area contributed by atoms with Crippen LogP contribution in [-0.4, -0.2) is 18.0 Å². The second-order valence-corrected chi connectivity index (χ2v) is 6.70. The maximum Gasteiger partial charge on any atom is 0.306 e. The quantitative estimate of drug-likeness (QED) is 0.757. The molecular formula is C16H15Cl2NO3S. The zero-order valence-electron chi connectivity index (χ0n) is 12.3. The molecule has 4 nitrogen and oxygen atoms in total. The fourth-order valence-electron chi connectivity index (χ4n) is 1.81. The number of carbonyl (C=O) groups excluding carboxylic acids is 2. The molecule has 1 N–H and O–H groups in total. The van der Waals surface area contributed by atoms with Gasteiger partial charge in [0, 0.05) is 9.90 Å². The lowest BCUT2D eigenvalue weighted by Gasteiger charge is -2.14. The van der Waals surface area contributed by atoms with Gasteiger partial charge in [0.2, 0.25) is 0 Å². The van der Waals surface area contributed by atoms with Gasteiger partial charge in [0.15, 0.2) is 6.10 Å². The van der Waals surface area contributed by atoms with E-state index in [1.165, 1.54) is 13.0 Å². The number of esters is 1. The van der Waals surface area contributed by atoms with Crippen LogP contribution in [0.15, 0.2) is 35.7 Å². The van der Waals surface area contributed by atoms with Crippen LogP contribution in [0.2, 0.25) is 10.0 Å². The van der Waals surface area contributed by atoms with Crippen molar-refractivity contribution in [3.05, 3.63) is 50.6 Å². The highest BCUT2D eigenvalue weighted by Crippen LogP contribution is 2.25. The van der Waals surface area contributed by atoms with Crippen LogP contribution in [0, 0.1) is 0 Å². The number of rotatable bonds is 6. The highest BCUT2D eigenvalue weighted by atomic mass is 35.5. The number of ether oxygens (including phenoxy) is 1. The van der Waals surface area contributed by atoms with Crippen LogP contribution in [0.1, 0.15) is 18.2 Å². The molecule has 0 unspecified atom stereocenters. The third-order valence-corrected chi connectivity index (χ3v) is 4.51. The van der Waals surface area contributed by atoms with Gasteiger partial charge in [-0.3, -0.25) is 9.59 Å². The van der Waals surface area contributed by atoms with Gasteiger partial charge in [-0.2, -0.15) is 0 Å².